The van der Waals surface area contributed by atoms with E-state index in [1.54, 1.807) is 13.0 Å². The zero-order valence-corrected chi connectivity index (χ0v) is 18.2. The Labute approximate surface area is 180 Å². The summed E-state index contributed by atoms with van der Waals surface area (Å²) in [6.45, 7) is 5.79. The molecule has 5 fully saturated rings. The number of aliphatic hydroxyl groups is 1. The first-order valence-electron chi connectivity index (χ1n) is 11.4. The molecule has 0 amide bonds. The van der Waals surface area contributed by atoms with Crippen LogP contribution in [0.25, 0.3) is 0 Å². The predicted octanol–water partition coefficient (Wildman–Crippen LogP) is 2.78. The fraction of sp³-hybridized carbons (Fsp3) is 0.750. The van der Waals surface area contributed by atoms with Gasteiger partial charge in [-0.15, -0.1) is 0 Å². The largest absolute Gasteiger partial charge is 0.460 e. The van der Waals surface area contributed by atoms with E-state index in [0.29, 0.717) is 25.7 Å². The summed E-state index contributed by atoms with van der Waals surface area (Å²) in [5.41, 5.74) is -5.31. The second kappa shape index (κ2) is 5.67. The minimum absolute atomic E-state index is 0.0754. The Morgan fingerprint density at radius 2 is 1.97 bits per heavy atom. The Morgan fingerprint density at radius 3 is 2.71 bits per heavy atom. The Balaban J connectivity index is 1.49. The van der Waals surface area contributed by atoms with E-state index in [1.807, 2.05) is 13.8 Å². The van der Waals surface area contributed by atoms with Crippen LogP contribution in [-0.2, 0) is 23.8 Å². The molecule has 7 heteroatoms. The summed E-state index contributed by atoms with van der Waals surface area (Å²) in [7, 11) is 0. The molecule has 31 heavy (non-hydrogen) atoms. The maximum atomic E-state index is 17.2. The predicted molar refractivity (Wildman–Crippen MR) is 106 cm³/mol. The van der Waals surface area contributed by atoms with Crippen LogP contribution in [0.5, 0.6) is 0 Å². The average molecular weight is 432 g/mol. The lowest BCUT2D eigenvalue weighted by Gasteiger charge is -2.62. The van der Waals surface area contributed by atoms with Crippen LogP contribution in [0.2, 0.25) is 0 Å². The molecule has 0 radical (unpaired) electrons. The summed E-state index contributed by atoms with van der Waals surface area (Å²) in [6, 6.07) is 0. The van der Waals surface area contributed by atoms with E-state index >= 15 is 4.39 Å². The normalized spacial score (nSPS) is 56.9. The summed E-state index contributed by atoms with van der Waals surface area (Å²) in [4.78, 5) is 25.2. The van der Waals surface area contributed by atoms with Crippen molar-refractivity contribution < 1.29 is 33.3 Å². The van der Waals surface area contributed by atoms with Crippen LogP contribution in [-0.4, -0.2) is 52.7 Å². The van der Waals surface area contributed by atoms with Crippen molar-refractivity contribution in [3.05, 3.63) is 23.8 Å². The van der Waals surface area contributed by atoms with Gasteiger partial charge in [-0.3, -0.25) is 4.79 Å². The molecule has 0 aromatic carbocycles. The van der Waals surface area contributed by atoms with E-state index in [-0.39, 0.29) is 24.7 Å². The van der Waals surface area contributed by atoms with Gasteiger partial charge in [-0.2, -0.15) is 0 Å². The number of cyclic esters (lactones) is 1. The lowest BCUT2D eigenvalue weighted by Crippen LogP contribution is -2.69. The smallest absolute Gasteiger partial charge is 0.342 e. The number of rotatable bonds is 1. The second-order valence-corrected chi connectivity index (χ2v) is 10.8. The van der Waals surface area contributed by atoms with E-state index in [1.165, 1.54) is 12.2 Å². The van der Waals surface area contributed by atoms with Crippen LogP contribution in [0.15, 0.2) is 23.8 Å². The number of esters is 1. The van der Waals surface area contributed by atoms with Crippen molar-refractivity contribution in [3.8, 4) is 0 Å². The van der Waals surface area contributed by atoms with Gasteiger partial charge >= 0.3 is 5.97 Å². The van der Waals surface area contributed by atoms with Crippen molar-refractivity contribution in [1.29, 1.82) is 0 Å². The number of fused-ring (bicyclic) bond motifs is 5. The Hall–Kier alpha value is -1.57. The first-order valence-corrected chi connectivity index (χ1v) is 11.4. The van der Waals surface area contributed by atoms with Crippen molar-refractivity contribution in [3.63, 3.8) is 0 Å². The number of hydrogen-bond donors (Lipinski definition) is 1. The van der Waals surface area contributed by atoms with E-state index < -0.39 is 52.0 Å². The van der Waals surface area contributed by atoms with Crippen LogP contribution < -0.4 is 0 Å². The number of allylic oxidation sites excluding steroid dienone is 4. The molecule has 2 heterocycles. The van der Waals surface area contributed by atoms with E-state index in [0.717, 1.165) is 5.57 Å². The molecule has 0 spiro atoms. The molecular formula is C24H29FO6. The molecule has 6 rings (SSSR count). The second-order valence-electron chi connectivity index (χ2n) is 10.8. The molecular weight excluding hydrogens is 403 g/mol. The summed E-state index contributed by atoms with van der Waals surface area (Å²) in [6.07, 6.45) is 5.01. The number of halogens is 1. The molecule has 1 N–H and O–H groups in total. The number of alkyl halides is 1. The zero-order valence-electron chi connectivity index (χ0n) is 18.2. The highest BCUT2D eigenvalue weighted by Gasteiger charge is 2.87. The van der Waals surface area contributed by atoms with Crippen LogP contribution in [0.1, 0.15) is 52.9 Å². The standard InChI is InChI=1S/C24H29FO6/c1-4-18-30-22-10-16-15-6-5-13-9-14(26)7-8-20(13,2)23(15,25)17(27)11-21(16,3)24(22,31-18)19(28)29-12-22/h7-9,15-18,27H,4-6,10-12H2,1-3H3/t15-,16-,17-,18+,20-,21-,22-,23-,24-/m0/s1. The quantitative estimate of drug-likeness (QED) is 0.642. The minimum Gasteiger partial charge on any atom is -0.460 e. The van der Waals surface area contributed by atoms with Crippen LogP contribution in [0.4, 0.5) is 4.39 Å². The average Bonchev–Trinajstić information content (AvgIpc) is 3.27. The van der Waals surface area contributed by atoms with Crippen LogP contribution >= 0.6 is 0 Å². The summed E-state index contributed by atoms with van der Waals surface area (Å²) < 4.78 is 35.3. The molecule has 2 aliphatic heterocycles. The van der Waals surface area contributed by atoms with Crippen molar-refractivity contribution in [2.24, 2.45) is 22.7 Å². The molecule has 6 nitrogen and oxygen atoms in total. The van der Waals surface area contributed by atoms with Crippen molar-refractivity contribution in [2.45, 2.75) is 82.1 Å². The Morgan fingerprint density at radius 1 is 1.19 bits per heavy atom. The third-order valence-electron chi connectivity index (χ3n) is 9.75. The topological polar surface area (TPSA) is 82.1 Å². The molecule has 9 atom stereocenters. The number of carbonyl (C=O) groups is 2. The third-order valence-corrected chi connectivity index (χ3v) is 9.75. The van der Waals surface area contributed by atoms with Gasteiger partial charge in [0.2, 0.25) is 5.60 Å². The first kappa shape index (κ1) is 20.1. The maximum Gasteiger partial charge on any atom is 0.342 e. The van der Waals surface area contributed by atoms with Gasteiger partial charge in [-0.05, 0) is 57.1 Å². The van der Waals surface area contributed by atoms with Gasteiger partial charge in [0.1, 0.15) is 12.2 Å². The van der Waals surface area contributed by atoms with Crippen LogP contribution in [0, 0.1) is 22.7 Å². The summed E-state index contributed by atoms with van der Waals surface area (Å²) in [5, 5.41) is 11.4. The molecule has 0 bridgehead atoms. The van der Waals surface area contributed by atoms with E-state index in [9.17, 15) is 14.7 Å². The van der Waals surface area contributed by atoms with Gasteiger partial charge in [-0.25, -0.2) is 9.18 Å². The number of aliphatic hydroxyl groups excluding tert-OH is 1. The summed E-state index contributed by atoms with van der Waals surface area (Å²) >= 11 is 0. The van der Waals surface area contributed by atoms with Gasteiger partial charge in [-0.1, -0.05) is 25.5 Å². The number of ether oxygens (including phenoxy) is 3. The van der Waals surface area contributed by atoms with Gasteiger partial charge in [0.25, 0.3) is 0 Å². The van der Waals surface area contributed by atoms with Gasteiger partial charge in [0.05, 0.1) is 6.10 Å². The Bertz CT molecular complexity index is 960. The highest BCUT2D eigenvalue weighted by molar-refractivity contribution is 6.01. The lowest BCUT2D eigenvalue weighted by molar-refractivity contribution is -0.236. The van der Waals surface area contributed by atoms with E-state index in [2.05, 4.69) is 0 Å². The zero-order chi connectivity index (χ0) is 22.0. The molecule has 0 aromatic rings. The SMILES string of the molecule is CC[C@@H]1O[C@@]23COC(=O)[C@]2(O1)[C@@]1(C)C[C@H](O)[C@@]2(F)[C@@H](CCC4=CC(=O)C=C[C@@]42C)[C@@H]1C3. The molecule has 6 aliphatic rings. The molecule has 168 valence electrons. The fourth-order valence-corrected chi connectivity index (χ4v) is 8.32. The lowest BCUT2D eigenvalue weighted by atomic mass is 9.45. The highest BCUT2D eigenvalue weighted by Crippen LogP contribution is 2.75. The number of carbonyl (C=O) groups excluding carboxylic acids is 2. The maximum absolute atomic E-state index is 17.2. The Kier molecular flexibility index (Phi) is 3.67. The van der Waals surface area contributed by atoms with Gasteiger partial charge in [0, 0.05) is 16.7 Å². The van der Waals surface area contributed by atoms with Crippen molar-refractivity contribution in [2.75, 3.05) is 6.61 Å². The van der Waals surface area contributed by atoms with Gasteiger partial charge < -0.3 is 19.3 Å². The number of hydrogen-bond acceptors (Lipinski definition) is 6. The van der Waals surface area contributed by atoms with Crippen molar-refractivity contribution in [1.82, 2.24) is 0 Å². The third kappa shape index (κ3) is 1.89. The fourth-order valence-electron chi connectivity index (χ4n) is 8.32. The first-order chi connectivity index (χ1) is 14.6. The van der Waals surface area contributed by atoms with Gasteiger partial charge in [0.15, 0.2) is 17.7 Å². The molecule has 4 aliphatic carbocycles. The summed E-state index contributed by atoms with van der Waals surface area (Å²) in [5.74, 6) is -1.28. The minimum atomic E-state index is -1.94. The number of ketones is 1. The van der Waals surface area contributed by atoms with Crippen molar-refractivity contribution >= 4 is 11.8 Å². The molecule has 0 aromatic heterocycles. The molecule has 0 unspecified atom stereocenters. The van der Waals surface area contributed by atoms with E-state index in [4.69, 9.17) is 14.2 Å². The highest BCUT2D eigenvalue weighted by atomic mass is 19.1. The van der Waals surface area contributed by atoms with Crippen LogP contribution in [0.3, 0.4) is 0 Å². The molecule has 2 saturated heterocycles. The monoisotopic (exact) mass is 432 g/mol. The molecule has 3 saturated carbocycles.